The maximum absolute atomic E-state index is 13.8. The van der Waals surface area contributed by atoms with Gasteiger partial charge in [-0.2, -0.15) is 0 Å². The largest absolute Gasteiger partial charge is 0.478 e. The van der Waals surface area contributed by atoms with Gasteiger partial charge >= 0.3 is 17.9 Å². The Morgan fingerprint density at radius 1 is 1.00 bits per heavy atom. The van der Waals surface area contributed by atoms with Crippen molar-refractivity contribution in [3.8, 4) is 0 Å². The fraction of sp³-hybridized carbons (Fsp3) is 0.368. The molecular formula is C38H44FN3O6. The molecule has 5 rings (SSSR count). The lowest BCUT2D eigenvalue weighted by molar-refractivity contribution is -0.141. The van der Waals surface area contributed by atoms with Gasteiger partial charge in [-0.25, -0.2) is 18.8 Å². The molecule has 254 valence electrons. The molecule has 1 fully saturated rings. The summed E-state index contributed by atoms with van der Waals surface area (Å²) in [7, 11) is 5.42. The zero-order valence-corrected chi connectivity index (χ0v) is 27.9. The number of carbonyl (C=O) groups excluding carboxylic acids is 1. The van der Waals surface area contributed by atoms with Gasteiger partial charge < -0.3 is 24.7 Å². The maximum Gasteiger partial charge on any atom is 0.335 e. The van der Waals surface area contributed by atoms with Crippen LogP contribution in [0.4, 0.5) is 4.39 Å². The first kappa shape index (κ1) is 36.0. The minimum absolute atomic E-state index is 0.0189. The van der Waals surface area contributed by atoms with E-state index in [1.54, 1.807) is 31.5 Å². The van der Waals surface area contributed by atoms with Gasteiger partial charge in [0, 0.05) is 12.2 Å². The van der Waals surface area contributed by atoms with Gasteiger partial charge in [-0.3, -0.25) is 4.99 Å². The summed E-state index contributed by atoms with van der Waals surface area (Å²) in [6, 6.07) is 19.4. The van der Waals surface area contributed by atoms with Crippen molar-refractivity contribution in [3.05, 3.63) is 112 Å². The van der Waals surface area contributed by atoms with Gasteiger partial charge in [0.2, 0.25) is 0 Å². The van der Waals surface area contributed by atoms with E-state index in [-0.39, 0.29) is 29.0 Å². The van der Waals surface area contributed by atoms with E-state index in [0.29, 0.717) is 30.4 Å². The average molecular weight is 658 g/mol. The van der Waals surface area contributed by atoms with E-state index in [1.165, 1.54) is 19.2 Å². The zero-order chi connectivity index (χ0) is 34.8. The lowest BCUT2D eigenvalue weighted by Gasteiger charge is -2.38. The van der Waals surface area contributed by atoms with Crippen molar-refractivity contribution in [1.29, 1.82) is 0 Å². The molecule has 2 unspecified atom stereocenters. The SMILES string of the molecule is COC(=O)C1CN(C=Cc2ccccc2)C=N1.Cc1c(CC2CCC(C(c3cccc(F)c3)N(C)C)CC2)cc(C(=O)O)cc1C(=O)O. The molecule has 10 heteroatoms. The molecule has 2 aliphatic rings. The summed E-state index contributed by atoms with van der Waals surface area (Å²) in [5, 5.41) is 18.8. The number of aromatic carboxylic acids is 2. The standard InChI is InChI=1S/C25H30FNO4.C13H14N2O2/c1-15-19(12-20(24(28)29)14-22(15)25(30)31)11-16-7-9-17(10-8-16)23(27(2)3)18-5-4-6-21(26)13-18;1-17-13(16)12-9-15(10-14-12)8-7-11-5-3-2-4-6-11/h4-6,12-14,16-17,23H,7-11H2,1-3H3,(H,28,29)(H,30,31);2-8,10,12H,9H2,1H3. The summed E-state index contributed by atoms with van der Waals surface area (Å²) in [6.45, 7) is 2.29. The number of rotatable bonds is 10. The van der Waals surface area contributed by atoms with Crippen LogP contribution in [0.1, 0.15) is 74.7 Å². The monoisotopic (exact) mass is 657 g/mol. The number of hydrogen-bond donors (Lipinski definition) is 2. The van der Waals surface area contributed by atoms with Crippen LogP contribution in [-0.4, -0.2) is 78.1 Å². The number of nitrogens with zero attached hydrogens (tertiary/aromatic N) is 3. The summed E-state index contributed by atoms with van der Waals surface area (Å²) < 4.78 is 18.4. The maximum atomic E-state index is 13.8. The van der Waals surface area contributed by atoms with Crippen LogP contribution in [0.2, 0.25) is 0 Å². The Kier molecular flexibility index (Phi) is 12.6. The van der Waals surface area contributed by atoms with Gasteiger partial charge in [-0.1, -0.05) is 42.5 Å². The minimum atomic E-state index is -1.11. The van der Waals surface area contributed by atoms with Crippen molar-refractivity contribution in [2.45, 2.75) is 51.1 Å². The summed E-state index contributed by atoms with van der Waals surface area (Å²) in [5.41, 5.74) is 3.63. The lowest BCUT2D eigenvalue weighted by atomic mass is 9.74. The number of benzene rings is 3. The Bertz CT molecular complexity index is 1630. The number of aliphatic imine (C=N–C) groups is 1. The van der Waals surface area contributed by atoms with Gasteiger partial charge in [0.25, 0.3) is 0 Å². The highest BCUT2D eigenvalue weighted by molar-refractivity contribution is 5.95. The second-order valence-electron chi connectivity index (χ2n) is 12.6. The van der Waals surface area contributed by atoms with E-state index in [9.17, 15) is 29.0 Å². The second kappa shape index (κ2) is 16.8. The van der Waals surface area contributed by atoms with Crippen LogP contribution in [0.25, 0.3) is 6.08 Å². The Morgan fingerprint density at radius 2 is 1.71 bits per heavy atom. The van der Waals surface area contributed by atoms with Crippen LogP contribution in [0.5, 0.6) is 0 Å². The molecule has 3 aromatic rings. The van der Waals surface area contributed by atoms with Crippen molar-refractivity contribution in [2.75, 3.05) is 27.7 Å². The first-order valence-corrected chi connectivity index (χ1v) is 16.1. The zero-order valence-electron chi connectivity index (χ0n) is 27.9. The minimum Gasteiger partial charge on any atom is -0.478 e. The molecule has 2 N–H and O–H groups in total. The van der Waals surface area contributed by atoms with Gasteiger partial charge in [-0.05, 0) is 118 Å². The number of ether oxygens (including phenoxy) is 1. The summed E-state index contributed by atoms with van der Waals surface area (Å²) in [5.74, 6) is -1.95. The number of carboxylic acid groups (broad SMARTS) is 2. The van der Waals surface area contributed by atoms with Crippen molar-refractivity contribution in [2.24, 2.45) is 16.8 Å². The Balaban J connectivity index is 0.000000257. The third kappa shape index (κ3) is 9.60. The fourth-order valence-corrected chi connectivity index (χ4v) is 6.61. The molecule has 0 bridgehead atoms. The normalized spacial score (nSPS) is 19.5. The summed E-state index contributed by atoms with van der Waals surface area (Å²) in [4.78, 5) is 42.3. The number of halogens is 1. The predicted molar refractivity (Wildman–Crippen MR) is 184 cm³/mol. The fourth-order valence-electron chi connectivity index (χ4n) is 6.61. The molecule has 9 nitrogen and oxygen atoms in total. The van der Waals surface area contributed by atoms with Gasteiger partial charge in [0.1, 0.15) is 5.82 Å². The average Bonchev–Trinajstić information content (AvgIpc) is 3.55. The first-order valence-electron chi connectivity index (χ1n) is 16.1. The molecule has 2 atom stereocenters. The molecule has 48 heavy (non-hydrogen) atoms. The van der Waals surface area contributed by atoms with Gasteiger partial charge in [0.05, 0.1) is 31.1 Å². The molecule has 0 saturated heterocycles. The smallest absolute Gasteiger partial charge is 0.335 e. The van der Waals surface area contributed by atoms with Gasteiger partial charge in [-0.15, -0.1) is 0 Å². The van der Waals surface area contributed by atoms with E-state index >= 15 is 0 Å². The third-order valence-corrected chi connectivity index (χ3v) is 9.10. The molecule has 0 aromatic heterocycles. The van der Waals surface area contributed by atoms with Crippen LogP contribution in [-0.2, 0) is 16.0 Å². The van der Waals surface area contributed by atoms with Crippen molar-refractivity contribution in [1.82, 2.24) is 9.80 Å². The van der Waals surface area contributed by atoms with Crippen LogP contribution in [0.3, 0.4) is 0 Å². The number of methoxy groups -OCH3 is 1. The van der Waals surface area contributed by atoms with E-state index in [1.807, 2.05) is 67.7 Å². The summed E-state index contributed by atoms with van der Waals surface area (Å²) in [6.07, 6.45) is 10.1. The summed E-state index contributed by atoms with van der Waals surface area (Å²) >= 11 is 0. The predicted octanol–water partition coefficient (Wildman–Crippen LogP) is 6.73. The molecule has 3 aromatic carbocycles. The molecule has 0 spiro atoms. The Hall–Kier alpha value is -4.83. The number of carboxylic acids is 2. The van der Waals surface area contributed by atoms with Crippen molar-refractivity contribution >= 4 is 30.3 Å². The molecule has 0 amide bonds. The van der Waals surface area contributed by atoms with Crippen LogP contribution < -0.4 is 0 Å². The van der Waals surface area contributed by atoms with E-state index in [0.717, 1.165) is 42.4 Å². The quantitative estimate of drug-likeness (QED) is 0.231. The topological polar surface area (TPSA) is 120 Å². The highest BCUT2D eigenvalue weighted by Gasteiger charge is 2.31. The number of carbonyl (C=O) groups is 3. The third-order valence-electron chi connectivity index (χ3n) is 9.10. The Labute approximate surface area is 281 Å². The molecule has 0 radical (unpaired) electrons. The van der Waals surface area contributed by atoms with E-state index in [4.69, 9.17) is 0 Å². The van der Waals surface area contributed by atoms with Gasteiger partial charge in [0.15, 0.2) is 6.04 Å². The van der Waals surface area contributed by atoms with E-state index < -0.39 is 18.0 Å². The molecular weight excluding hydrogens is 613 g/mol. The second-order valence-corrected chi connectivity index (χ2v) is 12.6. The Morgan fingerprint density at radius 3 is 2.31 bits per heavy atom. The lowest BCUT2D eigenvalue weighted by Crippen LogP contribution is -2.31. The van der Waals surface area contributed by atoms with Crippen molar-refractivity contribution < 1.29 is 33.7 Å². The highest BCUT2D eigenvalue weighted by atomic mass is 19.1. The molecule has 1 saturated carbocycles. The number of esters is 1. The van der Waals surface area contributed by atoms with Crippen molar-refractivity contribution in [3.63, 3.8) is 0 Å². The molecule has 1 aliphatic heterocycles. The molecule has 1 aliphatic carbocycles. The highest BCUT2D eigenvalue weighted by Crippen LogP contribution is 2.40. The van der Waals surface area contributed by atoms with Crippen LogP contribution in [0, 0.1) is 24.6 Å². The van der Waals surface area contributed by atoms with Crippen LogP contribution in [0.15, 0.2) is 77.9 Å². The molecule has 1 heterocycles. The van der Waals surface area contributed by atoms with Crippen LogP contribution >= 0.6 is 0 Å². The number of hydrogen-bond acceptors (Lipinski definition) is 7. The first-order chi connectivity index (χ1) is 23.0. The van der Waals surface area contributed by atoms with E-state index in [2.05, 4.69) is 14.6 Å².